The maximum atomic E-state index is 2.37. The summed E-state index contributed by atoms with van der Waals surface area (Å²) in [5.74, 6) is 1.77. The third-order valence-corrected chi connectivity index (χ3v) is 4.42. The van der Waals surface area contributed by atoms with Crippen LogP contribution in [0.1, 0.15) is 45.4 Å². The molecule has 23 heavy (non-hydrogen) atoms. The molecule has 2 atom stereocenters. The molecule has 2 fully saturated rings. The summed E-state index contributed by atoms with van der Waals surface area (Å²) in [5.41, 5.74) is 3.16. The van der Waals surface area contributed by atoms with E-state index in [1.165, 1.54) is 38.5 Å². The Morgan fingerprint density at radius 2 is 1.30 bits per heavy atom. The number of hydrogen-bond donors (Lipinski definition) is 0. The van der Waals surface area contributed by atoms with E-state index in [0.29, 0.717) is 0 Å². The summed E-state index contributed by atoms with van der Waals surface area (Å²) in [6.45, 7) is 2.00. The molecule has 2 saturated carbocycles. The van der Waals surface area contributed by atoms with Gasteiger partial charge in [0.15, 0.2) is 0 Å². The van der Waals surface area contributed by atoms with Gasteiger partial charge < -0.3 is 24.8 Å². The normalized spacial score (nSPS) is 25.0. The van der Waals surface area contributed by atoms with Crippen molar-refractivity contribution >= 4 is 4.31 Å². The molecule has 0 spiro atoms. The van der Waals surface area contributed by atoms with E-state index in [1.54, 1.807) is 11.1 Å². The molecule has 4 rings (SSSR count). The van der Waals surface area contributed by atoms with Crippen LogP contribution in [0.4, 0.5) is 0 Å². The molecule has 0 amide bonds. The van der Waals surface area contributed by atoms with Crippen molar-refractivity contribution in [2.45, 2.75) is 45.4 Å². The van der Waals surface area contributed by atoms with Crippen LogP contribution in [0.2, 0.25) is 0 Å². The predicted octanol–water partition coefficient (Wildman–Crippen LogP) is -0.663. The van der Waals surface area contributed by atoms with Crippen molar-refractivity contribution in [1.29, 1.82) is 0 Å². The largest absolute Gasteiger partial charge is 1.00 e. The van der Waals surface area contributed by atoms with Gasteiger partial charge >= 0.3 is 31.2 Å². The van der Waals surface area contributed by atoms with Crippen LogP contribution in [0.3, 0.4) is 0 Å². The standard InChI is InChI=1S/2C9H11.C2H4.2ClH.Ti/c2*1-2-5-9-7-3-6-8(9)4-1;1-2;;;/h2*1-2,4,6,9H,3,5,7H2;1H,2H3;2*1H;/q2*-1;;;;+2/p-2. The van der Waals surface area contributed by atoms with Gasteiger partial charge in [0.1, 0.15) is 0 Å². The minimum absolute atomic E-state index is 0. The number of rotatable bonds is 0. The molecule has 0 aliphatic heterocycles. The van der Waals surface area contributed by atoms with Gasteiger partial charge in [-0.2, -0.15) is 0 Å². The first-order chi connectivity index (χ1) is 10.3. The van der Waals surface area contributed by atoms with Crippen LogP contribution < -0.4 is 24.8 Å². The fourth-order valence-electron chi connectivity index (χ4n) is 3.33. The Kier molecular flexibility index (Phi) is 13.1. The quantitative estimate of drug-likeness (QED) is 0.384. The van der Waals surface area contributed by atoms with E-state index in [-0.39, 0.29) is 24.8 Å². The summed E-state index contributed by atoms with van der Waals surface area (Å²) < 4.78 is 2.00. The molecular weight excluding hydrogens is 359 g/mol. The van der Waals surface area contributed by atoms with E-state index in [4.69, 9.17) is 0 Å². The second kappa shape index (κ2) is 13.2. The first kappa shape index (κ1) is 22.9. The van der Waals surface area contributed by atoms with Gasteiger partial charge in [-0.3, -0.25) is 0 Å². The molecular formula is C20H26Cl2Ti-2. The zero-order valence-corrected chi connectivity index (χ0v) is 16.9. The summed E-state index contributed by atoms with van der Waals surface area (Å²) >= 11 is 2.00. The van der Waals surface area contributed by atoms with Crippen LogP contribution in [0.25, 0.3) is 0 Å². The Morgan fingerprint density at radius 3 is 1.65 bits per heavy atom. The fraction of sp³-hybridized carbons (Fsp3) is 0.450. The van der Waals surface area contributed by atoms with Crippen molar-refractivity contribution in [3.05, 3.63) is 60.4 Å². The topological polar surface area (TPSA) is 0 Å². The van der Waals surface area contributed by atoms with E-state index in [1.807, 2.05) is 31.2 Å². The van der Waals surface area contributed by atoms with Crippen molar-refractivity contribution in [3.8, 4) is 0 Å². The van der Waals surface area contributed by atoms with Crippen molar-refractivity contribution in [2.24, 2.45) is 11.8 Å². The first-order valence-corrected chi connectivity index (χ1v) is 9.10. The zero-order valence-electron chi connectivity index (χ0n) is 13.8. The van der Waals surface area contributed by atoms with Crippen LogP contribution in [-0.2, 0) is 20.0 Å². The van der Waals surface area contributed by atoms with E-state index in [9.17, 15) is 0 Å². The van der Waals surface area contributed by atoms with E-state index in [0.717, 1.165) is 11.8 Å². The minimum atomic E-state index is 0. The van der Waals surface area contributed by atoms with E-state index >= 15 is 0 Å². The van der Waals surface area contributed by atoms with Gasteiger partial charge in [0.2, 0.25) is 0 Å². The SMILES string of the molecule is C1=CCC2CC[CH-]C2=C1.C1=CCC2CC[CH-]C2=C1.C[CH]=[Ti+2].[Cl-].[Cl-]. The predicted molar refractivity (Wildman–Crippen MR) is 89.5 cm³/mol. The third-order valence-electron chi connectivity index (χ3n) is 4.42. The van der Waals surface area contributed by atoms with Crippen molar-refractivity contribution in [2.75, 3.05) is 0 Å². The summed E-state index contributed by atoms with van der Waals surface area (Å²) in [5, 5.41) is 0. The molecule has 0 N–H and O–H groups in total. The van der Waals surface area contributed by atoms with E-state index in [2.05, 4.69) is 49.3 Å². The Bertz CT molecular complexity index is 420. The number of fused-ring (bicyclic) bond motifs is 2. The van der Waals surface area contributed by atoms with Gasteiger partial charge in [-0.15, -0.1) is 37.1 Å². The minimum Gasteiger partial charge on any atom is -1.00 e. The molecule has 4 aliphatic rings. The molecule has 126 valence electrons. The Labute approximate surface area is 166 Å². The number of hydrogen-bond acceptors (Lipinski definition) is 0. The molecule has 3 heteroatoms. The monoisotopic (exact) mass is 384 g/mol. The zero-order chi connectivity index (χ0) is 14.9. The van der Waals surface area contributed by atoms with Gasteiger partial charge in [-0.1, -0.05) is 12.8 Å². The molecule has 0 nitrogen and oxygen atoms in total. The van der Waals surface area contributed by atoms with Crippen LogP contribution >= 0.6 is 0 Å². The molecule has 4 aliphatic carbocycles. The second-order valence-electron chi connectivity index (χ2n) is 5.91. The summed E-state index contributed by atoms with van der Waals surface area (Å²) in [7, 11) is 0. The molecule has 0 heterocycles. The third kappa shape index (κ3) is 7.52. The van der Waals surface area contributed by atoms with Gasteiger partial charge in [-0.05, 0) is 24.7 Å². The van der Waals surface area contributed by atoms with Crippen LogP contribution in [0, 0.1) is 24.7 Å². The summed E-state index contributed by atoms with van der Waals surface area (Å²) in [6.07, 6.45) is 26.1. The van der Waals surface area contributed by atoms with Crippen LogP contribution in [0.15, 0.2) is 47.6 Å². The average Bonchev–Trinajstić information content (AvgIpc) is 3.17. The Hall–Kier alpha value is -0.136. The van der Waals surface area contributed by atoms with Gasteiger partial charge in [-0.25, -0.2) is 36.1 Å². The van der Waals surface area contributed by atoms with E-state index < -0.39 is 0 Å². The fourth-order valence-corrected chi connectivity index (χ4v) is 3.33. The number of halogens is 2. The molecule has 0 saturated heterocycles. The van der Waals surface area contributed by atoms with Gasteiger partial charge in [0, 0.05) is 0 Å². The molecule has 0 bridgehead atoms. The van der Waals surface area contributed by atoms with Crippen LogP contribution in [0.5, 0.6) is 0 Å². The maximum absolute atomic E-state index is 2.37. The van der Waals surface area contributed by atoms with Crippen molar-refractivity contribution in [3.63, 3.8) is 0 Å². The molecule has 2 unspecified atom stereocenters. The second-order valence-corrected chi connectivity index (χ2v) is 6.81. The molecule has 0 aromatic heterocycles. The van der Waals surface area contributed by atoms with Crippen molar-refractivity contribution < 1.29 is 44.8 Å². The van der Waals surface area contributed by atoms with Gasteiger partial charge in [0.05, 0.1) is 0 Å². The first-order valence-electron chi connectivity index (χ1n) is 8.20. The van der Waals surface area contributed by atoms with Gasteiger partial charge in [0.25, 0.3) is 0 Å². The van der Waals surface area contributed by atoms with Crippen molar-refractivity contribution in [1.82, 2.24) is 0 Å². The Morgan fingerprint density at radius 1 is 0.913 bits per heavy atom. The molecule has 0 aromatic rings. The Balaban J connectivity index is 0.000000336. The van der Waals surface area contributed by atoms with Crippen LogP contribution in [-0.4, -0.2) is 4.31 Å². The molecule has 0 aromatic carbocycles. The smallest absolute Gasteiger partial charge is 1.00 e. The molecule has 0 radical (unpaired) electrons. The summed E-state index contributed by atoms with van der Waals surface area (Å²) in [4.78, 5) is 0. The number of allylic oxidation sites excluding steroid dienone is 8. The maximum Gasteiger partial charge on any atom is -1.00 e. The summed E-state index contributed by atoms with van der Waals surface area (Å²) in [6, 6.07) is 0. The average molecular weight is 385 g/mol.